The average molecular weight is 276 g/mol. The van der Waals surface area contributed by atoms with E-state index in [0.29, 0.717) is 0 Å². The van der Waals surface area contributed by atoms with E-state index in [-0.39, 0.29) is 0 Å². The lowest BCUT2D eigenvalue weighted by Crippen LogP contribution is -1.97. The number of methoxy groups -OCH3 is 2. The van der Waals surface area contributed by atoms with Crippen molar-refractivity contribution in [3.63, 3.8) is 0 Å². The molecule has 0 aromatic heterocycles. The van der Waals surface area contributed by atoms with Crippen LogP contribution in [0.2, 0.25) is 0 Å². The van der Waals surface area contributed by atoms with Crippen LogP contribution in [-0.2, 0) is 0 Å². The molecule has 0 aliphatic carbocycles. The molecule has 20 heavy (non-hydrogen) atoms. The highest BCUT2D eigenvalue weighted by molar-refractivity contribution is 5.75. The summed E-state index contributed by atoms with van der Waals surface area (Å²) < 4.78 is 11.1. The molecule has 0 heterocycles. The summed E-state index contributed by atoms with van der Waals surface area (Å²) in [6, 6.07) is 6.00. The van der Waals surface area contributed by atoms with Gasteiger partial charge in [-0.1, -0.05) is 45.3 Å². The van der Waals surface area contributed by atoms with Gasteiger partial charge in [0.15, 0.2) is 0 Å². The fourth-order valence-electron chi connectivity index (χ4n) is 2.38. The van der Waals surface area contributed by atoms with Crippen LogP contribution in [0.4, 0.5) is 0 Å². The van der Waals surface area contributed by atoms with E-state index in [4.69, 9.17) is 9.47 Å². The van der Waals surface area contributed by atoms with Crippen LogP contribution in [0.1, 0.15) is 57.9 Å². The third-order valence-electron chi connectivity index (χ3n) is 3.48. The number of rotatable bonds is 9. The van der Waals surface area contributed by atoms with Crippen molar-refractivity contribution in [2.75, 3.05) is 14.2 Å². The van der Waals surface area contributed by atoms with E-state index < -0.39 is 0 Å². The first-order valence-corrected chi connectivity index (χ1v) is 7.68. The number of hydrogen-bond acceptors (Lipinski definition) is 2. The fourth-order valence-corrected chi connectivity index (χ4v) is 2.38. The molecular formula is C18H28O2. The molecular weight excluding hydrogens is 248 g/mol. The van der Waals surface area contributed by atoms with Gasteiger partial charge < -0.3 is 9.47 Å². The Morgan fingerprint density at radius 3 is 2.15 bits per heavy atom. The first-order chi connectivity index (χ1) is 9.78. The van der Waals surface area contributed by atoms with Crippen molar-refractivity contribution < 1.29 is 9.47 Å². The summed E-state index contributed by atoms with van der Waals surface area (Å²) in [6.45, 7) is 4.44. The molecule has 0 amide bonds. The molecule has 2 nitrogen and oxygen atoms in total. The average Bonchev–Trinajstić information content (AvgIpc) is 2.50. The first kappa shape index (κ1) is 16.6. The van der Waals surface area contributed by atoms with E-state index in [1.807, 2.05) is 18.2 Å². The Bertz CT molecular complexity index is 399. The van der Waals surface area contributed by atoms with Crippen LogP contribution in [-0.4, -0.2) is 14.2 Å². The Balaban J connectivity index is 3.11. The van der Waals surface area contributed by atoms with Crippen molar-refractivity contribution in [1.82, 2.24) is 0 Å². The molecule has 1 aromatic rings. The van der Waals surface area contributed by atoms with Gasteiger partial charge in [-0.25, -0.2) is 0 Å². The third-order valence-corrected chi connectivity index (χ3v) is 3.48. The van der Waals surface area contributed by atoms with Crippen LogP contribution >= 0.6 is 0 Å². The SMILES string of the molecule is CCC/C=C(\CCCCC)c1c(OC)cccc1OC. The van der Waals surface area contributed by atoms with Gasteiger partial charge in [-0.05, 0) is 37.0 Å². The summed E-state index contributed by atoms with van der Waals surface area (Å²) in [6.07, 6.45) is 9.41. The Kier molecular flexibility index (Phi) is 7.86. The van der Waals surface area contributed by atoms with Crippen molar-refractivity contribution in [3.05, 3.63) is 29.8 Å². The van der Waals surface area contributed by atoms with Crippen molar-refractivity contribution in [1.29, 1.82) is 0 Å². The summed E-state index contributed by atoms with van der Waals surface area (Å²) in [5.74, 6) is 1.81. The van der Waals surface area contributed by atoms with E-state index >= 15 is 0 Å². The van der Waals surface area contributed by atoms with Crippen LogP contribution in [0, 0.1) is 0 Å². The minimum atomic E-state index is 0.906. The molecule has 0 radical (unpaired) electrons. The molecule has 0 spiro atoms. The molecule has 0 fully saturated rings. The van der Waals surface area contributed by atoms with Crippen LogP contribution in [0.3, 0.4) is 0 Å². The van der Waals surface area contributed by atoms with E-state index in [1.54, 1.807) is 14.2 Å². The van der Waals surface area contributed by atoms with Gasteiger partial charge in [0.2, 0.25) is 0 Å². The molecule has 0 aliphatic heterocycles. The van der Waals surface area contributed by atoms with E-state index in [1.165, 1.54) is 24.8 Å². The summed E-state index contributed by atoms with van der Waals surface area (Å²) in [5.41, 5.74) is 2.48. The topological polar surface area (TPSA) is 18.5 Å². The maximum absolute atomic E-state index is 5.53. The van der Waals surface area contributed by atoms with Gasteiger partial charge in [-0.15, -0.1) is 0 Å². The van der Waals surface area contributed by atoms with Crippen LogP contribution in [0.25, 0.3) is 5.57 Å². The van der Waals surface area contributed by atoms with Gasteiger partial charge in [0.05, 0.1) is 19.8 Å². The minimum Gasteiger partial charge on any atom is -0.496 e. The first-order valence-electron chi connectivity index (χ1n) is 7.68. The Labute approximate surface area is 123 Å². The van der Waals surface area contributed by atoms with Crippen molar-refractivity contribution >= 4 is 5.57 Å². The second-order valence-electron chi connectivity index (χ2n) is 5.01. The van der Waals surface area contributed by atoms with E-state index in [2.05, 4.69) is 19.9 Å². The molecule has 1 aromatic carbocycles. The van der Waals surface area contributed by atoms with Gasteiger partial charge in [-0.2, -0.15) is 0 Å². The maximum atomic E-state index is 5.53. The lowest BCUT2D eigenvalue weighted by atomic mass is 9.96. The van der Waals surface area contributed by atoms with E-state index in [0.717, 1.165) is 36.3 Å². The normalized spacial score (nSPS) is 11.5. The summed E-state index contributed by atoms with van der Waals surface area (Å²) in [4.78, 5) is 0. The second-order valence-corrected chi connectivity index (χ2v) is 5.01. The fraction of sp³-hybridized carbons (Fsp3) is 0.556. The van der Waals surface area contributed by atoms with Gasteiger partial charge in [-0.3, -0.25) is 0 Å². The van der Waals surface area contributed by atoms with Crippen LogP contribution in [0.5, 0.6) is 11.5 Å². The molecule has 0 unspecified atom stereocenters. The van der Waals surface area contributed by atoms with E-state index in [9.17, 15) is 0 Å². The van der Waals surface area contributed by atoms with Crippen LogP contribution in [0.15, 0.2) is 24.3 Å². The highest BCUT2D eigenvalue weighted by atomic mass is 16.5. The standard InChI is InChI=1S/C18H28O2/c1-5-7-9-12-15(11-8-6-2)18-16(19-3)13-10-14-17(18)20-4/h10-11,13-14H,5-9,12H2,1-4H3/b15-11+. The molecule has 1 rings (SSSR count). The summed E-state index contributed by atoms with van der Waals surface area (Å²) in [7, 11) is 3.45. The molecule has 0 aliphatic rings. The zero-order valence-electron chi connectivity index (χ0n) is 13.4. The number of ether oxygens (including phenoxy) is 2. The molecule has 112 valence electrons. The molecule has 2 heteroatoms. The monoisotopic (exact) mass is 276 g/mol. The smallest absolute Gasteiger partial charge is 0.130 e. The predicted octanol–water partition coefficient (Wildman–Crippen LogP) is 5.47. The van der Waals surface area contributed by atoms with Gasteiger partial charge in [0.1, 0.15) is 11.5 Å². The lowest BCUT2D eigenvalue weighted by molar-refractivity contribution is 0.391. The Morgan fingerprint density at radius 1 is 1.00 bits per heavy atom. The molecule has 0 saturated heterocycles. The van der Waals surface area contributed by atoms with Gasteiger partial charge >= 0.3 is 0 Å². The van der Waals surface area contributed by atoms with Crippen molar-refractivity contribution in [2.24, 2.45) is 0 Å². The maximum Gasteiger partial charge on any atom is 0.130 e. The number of unbranched alkanes of at least 4 members (excludes halogenated alkanes) is 3. The zero-order chi connectivity index (χ0) is 14.8. The second kappa shape index (κ2) is 9.46. The molecule has 0 bridgehead atoms. The molecule has 0 saturated carbocycles. The highest BCUT2D eigenvalue weighted by Gasteiger charge is 2.14. The largest absolute Gasteiger partial charge is 0.496 e. The Morgan fingerprint density at radius 2 is 1.65 bits per heavy atom. The number of benzene rings is 1. The van der Waals surface area contributed by atoms with Crippen LogP contribution < -0.4 is 9.47 Å². The minimum absolute atomic E-state index is 0.906. The zero-order valence-corrected chi connectivity index (χ0v) is 13.4. The van der Waals surface area contributed by atoms with Crippen molar-refractivity contribution in [3.8, 4) is 11.5 Å². The predicted molar refractivity (Wildman–Crippen MR) is 86.6 cm³/mol. The summed E-state index contributed by atoms with van der Waals surface area (Å²) >= 11 is 0. The van der Waals surface area contributed by atoms with Gasteiger partial charge in [0.25, 0.3) is 0 Å². The van der Waals surface area contributed by atoms with Crippen molar-refractivity contribution in [2.45, 2.75) is 52.4 Å². The number of hydrogen-bond donors (Lipinski definition) is 0. The third kappa shape index (κ3) is 4.59. The lowest BCUT2D eigenvalue weighted by Gasteiger charge is -2.16. The molecule has 0 N–H and O–H groups in total. The quantitative estimate of drug-likeness (QED) is 0.557. The number of allylic oxidation sites excluding steroid dienone is 2. The molecule has 0 atom stereocenters. The Hall–Kier alpha value is -1.44. The summed E-state index contributed by atoms with van der Waals surface area (Å²) in [5, 5.41) is 0. The highest BCUT2D eigenvalue weighted by Crippen LogP contribution is 2.37. The van der Waals surface area contributed by atoms with Gasteiger partial charge in [0, 0.05) is 0 Å².